The molecular formula is C15H10N3O+. The lowest BCUT2D eigenvalue weighted by Crippen LogP contribution is -2.34. The first-order valence-corrected chi connectivity index (χ1v) is 5.83. The first-order chi connectivity index (χ1) is 9.31. The summed E-state index contributed by atoms with van der Waals surface area (Å²) >= 11 is 0. The molecule has 19 heavy (non-hydrogen) atoms. The molecule has 0 aliphatic heterocycles. The number of hydrogen-bond donors (Lipinski definition) is 1. The van der Waals surface area contributed by atoms with Gasteiger partial charge in [0.25, 0.3) is 10.9 Å². The molecule has 0 unspecified atom stereocenters. The molecule has 1 N–H and O–H groups in total. The summed E-state index contributed by atoms with van der Waals surface area (Å²) < 4.78 is 1.63. The fourth-order valence-electron chi connectivity index (χ4n) is 2.06. The smallest absolute Gasteiger partial charge is 0.281 e. The number of hydrogen-bond acceptors (Lipinski definition) is 2. The number of aromatic nitrogens is 2. The van der Waals surface area contributed by atoms with Crippen LogP contribution < -0.4 is 9.94 Å². The highest BCUT2D eigenvalue weighted by molar-refractivity contribution is 5.67. The summed E-state index contributed by atoms with van der Waals surface area (Å²) in [4.78, 5) is 12.3. The Morgan fingerprint density at radius 2 is 1.79 bits per heavy atom. The molecule has 2 aromatic heterocycles. The Bertz CT molecular complexity index is 845. The minimum atomic E-state index is -0.263. The zero-order valence-corrected chi connectivity index (χ0v) is 10.00. The molecule has 3 rings (SSSR count). The Morgan fingerprint density at radius 1 is 1.05 bits per heavy atom. The number of nitrogens with one attached hydrogen (secondary N) is 1. The molecule has 0 aliphatic carbocycles. The number of rotatable bonds is 1. The molecule has 1 aromatic carbocycles. The zero-order valence-electron chi connectivity index (χ0n) is 10.00. The lowest BCUT2D eigenvalue weighted by Gasteiger charge is -2.01. The van der Waals surface area contributed by atoms with Crippen LogP contribution in [-0.2, 0) is 0 Å². The maximum Gasteiger partial charge on any atom is 0.284 e. The molecule has 0 atom stereocenters. The SMILES string of the molecule is N#Cc1c(-c2ccccc2)[nH][n+]2ccccc2c1=O. The van der Waals surface area contributed by atoms with E-state index in [-0.39, 0.29) is 11.0 Å². The molecule has 3 aromatic rings. The van der Waals surface area contributed by atoms with Crippen molar-refractivity contribution in [3.05, 3.63) is 70.5 Å². The van der Waals surface area contributed by atoms with Crippen LogP contribution in [0.1, 0.15) is 5.56 Å². The van der Waals surface area contributed by atoms with Crippen molar-refractivity contribution in [2.45, 2.75) is 0 Å². The maximum absolute atomic E-state index is 12.3. The summed E-state index contributed by atoms with van der Waals surface area (Å²) in [5.41, 5.74) is 1.68. The van der Waals surface area contributed by atoms with E-state index in [0.29, 0.717) is 11.2 Å². The Hall–Kier alpha value is -2.93. The van der Waals surface area contributed by atoms with Crippen molar-refractivity contribution < 1.29 is 4.52 Å². The van der Waals surface area contributed by atoms with Crippen LogP contribution in [0, 0.1) is 11.3 Å². The lowest BCUT2D eigenvalue weighted by molar-refractivity contribution is -0.580. The van der Waals surface area contributed by atoms with Gasteiger partial charge in [0.15, 0.2) is 0 Å². The Morgan fingerprint density at radius 3 is 2.53 bits per heavy atom. The van der Waals surface area contributed by atoms with Gasteiger partial charge in [-0.15, -0.1) is 0 Å². The fraction of sp³-hybridized carbons (Fsp3) is 0. The third-order valence-corrected chi connectivity index (χ3v) is 2.98. The van der Waals surface area contributed by atoms with Crippen LogP contribution in [0.5, 0.6) is 0 Å². The summed E-state index contributed by atoms with van der Waals surface area (Å²) in [6.45, 7) is 0. The molecule has 0 saturated carbocycles. The molecule has 0 spiro atoms. The van der Waals surface area contributed by atoms with Crippen molar-refractivity contribution >= 4 is 5.52 Å². The molecular weight excluding hydrogens is 238 g/mol. The normalized spacial score (nSPS) is 10.3. The highest BCUT2D eigenvalue weighted by Gasteiger charge is 2.18. The van der Waals surface area contributed by atoms with Crippen LogP contribution in [0.4, 0.5) is 0 Å². The Balaban J connectivity index is 2.44. The van der Waals surface area contributed by atoms with Gasteiger partial charge in [-0.1, -0.05) is 34.8 Å². The number of nitriles is 1. The number of benzene rings is 1. The topological polar surface area (TPSA) is 60.8 Å². The minimum absolute atomic E-state index is 0.136. The molecule has 90 valence electrons. The molecule has 4 heteroatoms. The quantitative estimate of drug-likeness (QED) is 0.666. The average Bonchev–Trinajstić information content (AvgIpc) is 2.48. The average molecular weight is 248 g/mol. The van der Waals surface area contributed by atoms with Crippen molar-refractivity contribution in [3.8, 4) is 17.3 Å². The van der Waals surface area contributed by atoms with E-state index in [4.69, 9.17) is 0 Å². The summed E-state index contributed by atoms with van der Waals surface area (Å²) in [6, 6.07) is 16.6. The first-order valence-electron chi connectivity index (χ1n) is 5.83. The third-order valence-electron chi connectivity index (χ3n) is 2.98. The summed E-state index contributed by atoms with van der Waals surface area (Å²) in [5, 5.41) is 12.3. The molecule has 0 fully saturated rings. The van der Waals surface area contributed by atoms with E-state index in [0.717, 1.165) is 5.56 Å². The van der Waals surface area contributed by atoms with Gasteiger partial charge in [-0.3, -0.25) is 4.79 Å². The van der Waals surface area contributed by atoms with Crippen molar-refractivity contribution in [1.29, 1.82) is 5.26 Å². The van der Waals surface area contributed by atoms with Gasteiger partial charge in [-0.2, -0.15) is 10.4 Å². The summed E-state index contributed by atoms with van der Waals surface area (Å²) in [6.07, 6.45) is 1.75. The van der Waals surface area contributed by atoms with Crippen LogP contribution in [-0.4, -0.2) is 5.10 Å². The fourth-order valence-corrected chi connectivity index (χ4v) is 2.06. The summed E-state index contributed by atoms with van der Waals surface area (Å²) in [7, 11) is 0. The van der Waals surface area contributed by atoms with Crippen LogP contribution in [0.3, 0.4) is 0 Å². The van der Waals surface area contributed by atoms with Crippen LogP contribution >= 0.6 is 0 Å². The predicted molar refractivity (Wildman–Crippen MR) is 70.4 cm³/mol. The molecule has 0 amide bonds. The molecule has 4 nitrogen and oxygen atoms in total. The third kappa shape index (κ3) is 1.78. The van der Waals surface area contributed by atoms with Crippen molar-refractivity contribution in [1.82, 2.24) is 5.10 Å². The molecule has 0 bridgehead atoms. The van der Waals surface area contributed by atoms with Gasteiger partial charge in [-0.25, -0.2) is 0 Å². The number of pyridine rings is 1. The van der Waals surface area contributed by atoms with Crippen LogP contribution in [0.2, 0.25) is 0 Å². The van der Waals surface area contributed by atoms with Gasteiger partial charge in [0.1, 0.15) is 17.3 Å². The predicted octanol–water partition coefficient (Wildman–Crippen LogP) is 1.65. The number of fused-ring (bicyclic) bond motifs is 1. The highest BCUT2D eigenvalue weighted by Crippen LogP contribution is 2.17. The Kier molecular flexibility index (Phi) is 2.58. The molecule has 2 heterocycles. The molecule has 0 saturated heterocycles. The van der Waals surface area contributed by atoms with Crippen molar-refractivity contribution in [3.63, 3.8) is 0 Å². The second kappa shape index (κ2) is 4.39. The minimum Gasteiger partial charge on any atom is -0.281 e. The maximum atomic E-state index is 12.3. The second-order valence-corrected chi connectivity index (χ2v) is 4.12. The van der Waals surface area contributed by atoms with E-state index in [2.05, 4.69) is 5.10 Å². The van der Waals surface area contributed by atoms with E-state index in [1.165, 1.54) is 0 Å². The van der Waals surface area contributed by atoms with Gasteiger partial charge in [0, 0.05) is 17.7 Å². The van der Waals surface area contributed by atoms with Gasteiger partial charge < -0.3 is 0 Å². The number of nitrogens with zero attached hydrogens (tertiary/aromatic N) is 2. The molecule has 0 radical (unpaired) electrons. The van der Waals surface area contributed by atoms with Gasteiger partial charge in [0.05, 0.1) is 0 Å². The van der Waals surface area contributed by atoms with Crippen LogP contribution in [0.15, 0.2) is 59.5 Å². The van der Waals surface area contributed by atoms with Gasteiger partial charge >= 0.3 is 0 Å². The van der Waals surface area contributed by atoms with E-state index in [9.17, 15) is 10.1 Å². The van der Waals surface area contributed by atoms with Crippen molar-refractivity contribution in [2.75, 3.05) is 0 Å². The largest absolute Gasteiger partial charge is 0.284 e. The second-order valence-electron chi connectivity index (χ2n) is 4.12. The first kappa shape index (κ1) is 11.2. The number of aromatic amines is 1. The van der Waals surface area contributed by atoms with E-state index < -0.39 is 0 Å². The van der Waals surface area contributed by atoms with E-state index in [1.54, 1.807) is 22.8 Å². The lowest BCUT2D eigenvalue weighted by atomic mass is 10.1. The Labute approximate surface area is 109 Å². The highest BCUT2D eigenvalue weighted by atomic mass is 16.1. The van der Waals surface area contributed by atoms with Gasteiger partial charge in [-0.05, 0) is 6.07 Å². The summed E-state index contributed by atoms with van der Waals surface area (Å²) in [5.74, 6) is 0. The van der Waals surface area contributed by atoms with E-state index >= 15 is 0 Å². The zero-order chi connectivity index (χ0) is 13.2. The van der Waals surface area contributed by atoms with Crippen LogP contribution in [0.25, 0.3) is 16.8 Å². The van der Waals surface area contributed by atoms with E-state index in [1.807, 2.05) is 42.5 Å². The number of H-pyrrole nitrogens is 1. The monoisotopic (exact) mass is 248 g/mol. The van der Waals surface area contributed by atoms with Gasteiger partial charge in [0.2, 0.25) is 6.20 Å². The molecule has 0 aliphatic rings. The standard InChI is InChI=1S/C15H9N3O/c16-10-12-14(11-6-2-1-3-7-11)17-18-9-5-4-8-13(18)15(12)19/h1-9H/p+1. The van der Waals surface area contributed by atoms with Crippen molar-refractivity contribution in [2.24, 2.45) is 0 Å².